The van der Waals surface area contributed by atoms with Crippen LogP contribution in [0.15, 0.2) is 43.5 Å². The van der Waals surface area contributed by atoms with Crippen LogP contribution in [0.5, 0.6) is 0 Å². The minimum atomic E-state index is -0.176. The van der Waals surface area contributed by atoms with Crippen LogP contribution in [0.3, 0.4) is 0 Å². The second kappa shape index (κ2) is 6.11. The van der Waals surface area contributed by atoms with Crippen LogP contribution in [0.2, 0.25) is 5.02 Å². The van der Waals surface area contributed by atoms with Gasteiger partial charge in [0.25, 0.3) is 5.91 Å². The molecule has 0 radical (unpaired) electrons. The van der Waals surface area contributed by atoms with Gasteiger partial charge in [0.15, 0.2) is 0 Å². The van der Waals surface area contributed by atoms with E-state index in [0.29, 0.717) is 29.4 Å². The zero-order valence-electron chi connectivity index (χ0n) is 9.53. The second-order valence-electron chi connectivity index (χ2n) is 3.49. The van der Waals surface area contributed by atoms with Crippen LogP contribution in [0.1, 0.15) is 10.4 Å². The van der Waals surface area contributed by atoms with E-state index in [0.717, 1.165) is 0 Å². The van der Waals surface area contributed by atoms with E-state index in [9.17, 15) is 4.79 Å². The lowest BCUT2D eigenvalue weighted by molar-refractivity contribution is 0.0792. The first-order valence-corrected chi connectivity index (χ1v) is 5.54. The topological polar surface area (TPSA) is 46.3 Å². The molecule has 0 atom stereocenters. The van der Waals surface area contributed by atoms with Crippen LogP contribution in [0, 0.1) is 0 Å². The average Bonchev–Trinajstić information content (AvgIpc) is 2.31. The van der Waals surface area contributed by atoms with Gasteiger partial charge < -0.3 is 10.6 Å². The van der Waals surface area contributed by atoms with Gasteiger partial charge in [0, 0.05) is 13.1 Å². The quantitative estimate of drug-likeness (QED) is 0.645. The smallest absolute Gasteiger partial charge is 0.256 e. The largest absolute Gasteiger partial charge is 0.397 e. The van der Waals surface area contributed by atoms with Crippen molar-refractivity contribution in [2.24, 2.45) is 0 Å². The minimum Gasteiger partial charge on any atom is -0.397 e. The Bertz CT molecular complexity index is 433. The number of nitrogens with zero attached hydrogens (tertiary/aromatic N) is 1. The van der Waals surface area contributed by atoms with Gasteiger partial charge in [0.2, 0.25) is 0 Å². The molecule has 0 aliphatic heterocycles. The molecule has 0 spiro atoms. The Balaban J connectivity index is 3.04. The van der Waals surface area contributed by atoms with E-state index in [4.69, 9.17) is 17.3 Å². The SMILES string of the molecule is C=CCN(CC=C)C(=O)c1cccc(Cl)c1N. The molecule has 0 unspecified atom stereocenters. The predicted octanol–water partition coefficient (Wildman–Crippen LogP) is 2.74. The maximum atomic E-state index is 12.2. The second-order valence-corrected chi connectivity index (χ2v) is 3.90. The molecule has 0 saturated heterocycles. The van der Waals surface area contributed by atoms with Gasteiger partial charge in [-0.3, -0.25) is 4.79 Å². The molecule has 17 heavy (non-hydrogen) atoms. The average molecular weight is 251 g/mol. The van der Waals surface area contributed by atoms with Crippen LogP contribution >= 0.6 is 11.6 Å². The molecular weight excluding hydrogens is 236 g/mol. The third-order valence-electron chi connectivity index (χ3n) is 2.27. The molecule has 0 heterocycles. The molecule has 0 bridgehead atoms. The highest BCUT2D eigenvalue weighted by Gasteiger charge is 2.17. The van der Waals surface area contributed by atoms with E-state index in [2.05, 4.69) is 13.2 Å². The fourth-order valence-electron chi connectivity index (χ4n) is 1.45. The lowest BCUT2D eigenvalue weighted by Gasteiger charge is -2.20. The van der Waals surface area contributed by atoms with Gasteiger partial charge >= 0.3 is 0 Å². The number of nitrogens with two attached hydrogens (primary N) is 1. The van der Waals surface area contributed by atoms with Crippen molar-refractivity contribution >= 4 is 23.2 Å². The molecular formula is C13H15ClN2O. The highest BCUT2D eigenvalue weighted by molar-refractivity contribution is 6.33. The first-order chi connectivity index (χ1) is 8.11. The van der Waals surface area contributed by atoms with Gasteiger partial charge in [-0.25, -0.2) is 0 Å². The Labute approximate surface area is 106 Å². The van der Waals surface area contributed by atoms with Crippen molar-refractivity contribution in [2.45, 2.75) is 0 Å². The Hall–Kier alpha value is -1.74. The number of halogens is 1. The van der Waals surface area contributed by atoms with Gasteiger partial charge in [0.05, 0.1) is 16.3 Å². The molecule has 1 rings (SSSR count). The fourth-order valence-corrected chi connectivity index (χ4v) is 1.62. The number of hydrogen-bond donors (Lipinski definition) is 1. The van der Waals surface area contributed by atoms with E-state index in [1.165, 1.54) is 0 Å². The van der Waals surface area contributed by atoms with Gasteiger partial charge in [-0.2, -0.15) is 0 Å². The molecule has 90 valence electrons. The maximum Gasteiger partial charge on any atom is 0.256 e. The number of benzene rings is 1. The van der Waals surface area contributed by atoms with Gasteiger partial charge in [0.1, 0.15) is 0 Å². The molecule has 0 aliphatic rings. The summed E-state index contributed by atoms with van der Waals surface area (Å²) in [5.41, 5.74) is 6.49. The number of anilines is 1. The van der Waals surface area contributed by atoms with E-state index in [-0.39, 0.29) is 5.91 Å². The van der Waals surface area contributed by atoms with Crippen LogP contribution in [0.4, 0.5) is 5.69 Å². The van der Waals surface area contributed by atoms with Crippen molar-refractivity contribution in [3.8, 4) is 0 Å². The Morgan fingerprint density at radius 2 is 1.94 bits per heavy atom. The van der Waals surface area contributed by atoms with Crippen molar-refractivity contribution in [1.82, 2.24) is 4.90 Å². The monoisotopic (exact) mass is 250 g/mol. The number of hydrogen-bond acceptors (Lipinski definition) is 2. The van der Waals surface area contributed by atoms with E-state index in [1.807, 2.05) is 0 Å². The minimum absolute atomic E-state index is 0.176. The summed E-state index contributed by atoms with van der Waals surface area (Å²) < 4.78 is 0. The zero-order chi connectivity index (χ0) is 12.8. The van der Waals surface area contributed by atoms with Crippen LogP contribution < -0.4 is 5.73 Å². The lowest BCUT2D eigenvalue weighted by Crippen LogP contribution is -2.31. The number of amides is 1. The van der Waals surface area contributed by atoms with Crippen LogP contribution in [-0.4, -0.2) is 23.9 Å². The highest BCUT2D eigenvalue weighted by atomic mass is 35.5. The Morgan fingerprint density at radius 3 is 2.47 bits per heavy atom. The van der Waals surface area contributed by atoms with Crippen LogP contribution in [0.25, 0.3) is 0 Å². The molecule has 0 aromatic heterocycles. The molecule has 1 amide bonds. The van der Waals surface area contributed by atoms with Crippen molar-refractivity contribution in [3.05, 3.63) is 54.1 Å². The summed E-state index contributed by atoms with van der Waals surface area (Å²) in [6.07, 6.45) is 3.31. The predicted molar refractivity (Wildman–Crippen MR) is 72.2 cm³/mol. The normalized spacial score (nSPS) is 9.71. The summed E-state index contributed by atoms with van der Waals surface area (Å²) in [5.74, 6) is -0.176. The summed E-state index contributed by atoms with van der Waals surface area (Å²) in [5, 5.41) is 0.382. The summed E-state index contributed by atoms with van der Waals surface area (Å²) in [6.45, 7) is 8.11. The van der Waals surface area contributed by atoms with E-state index < -0.39 is 0 Å². The molecule has 0 fully saturated rings. The van der Waals surface area contributed by atoms with Crippen molar-refractivity contribution < 1.29 is 4.79 Å². The molecule has 1 aromatic rings. The third-order valence-corrected chi connectivity index (χ3v) is 2.60. The molecule has 4 heteroatoms. The summed E-state index contributed by atoms with van der Waals surface area (Å²) in [7, 11) is 0. The van der Waals surface area contributed by atoms with Crippen LogP contribution in [-0.2, 0) is 0 Å². The summed E-state index contributed by atoms with van der Waals surface area (Å²) in [4.78, 5) is 13.8. The van der Waals surface area contributed by atoms with Gasteiger partial charge in [-0.1, -0.05) is 29.8 Å². The third kappa shape index (κ3) is 3.11. The van der Waals surface area contributed by atoms with E-state index in [1.54, 1.807) is 35.3 Å². The molecule has 2 N–H and O–H groups in total. The van der Waals surface area contributed by atoms with Crippen molar-refractivity contribution in [2.75, 3.05) is 18.8 Å². The summed E-state index contributed by atoms with van der Waals surface area (Å²) >= 11 is 5.88. The Kier molecular flexibility index (Phi) is 4.79. The first-order valence-electron chi connectivity index (χ1n) is 5.16. The molecule has 0 aliphatic carbocycles. The number of para-hydroxylation sites is 1. The number of carbonyl (C=O) groups excluding carboxylic acids is 1. The standard InChI is InChI=1S/C13H15ClN2O/c1-3-8-16(9-4-2)13(17)10-6-5-7-11(14)12(10)15/h3-7H,1-2,8-9,15H2. The number of carbonyl (C=O) groups is 1. The summed E-state index contributed by atoms with van der Waals surface area (Å²) in [6, 6.07) is 5.01. The molecule has 1 aromatic carbocycles. The highest BCUT2D eigenvalue weighted by Crippen LogP contribution is 2.23. The lowest BCUT2D eigenvalue weighted by atomic mass is 10.1. The molecule has 3 nitrogen and oxygen atoms in total. The van der Waals surface area contributed by atoms with Gasteiger partial charge in [-0.05, 0) is 12.1 Å². The van der Waals surface area contributed by atoms with Crippen molar-refractivity contribution in [1.29, 1.82) is 0 Å². The maximum absolute atomic E-state index is 12.2. The zero-order valence-corrected chi connectivity index (χ0v) is 10.3. The van der Waals surface area contributed by atoms with Crippen molar-refractivity contribution in [3.63, 3.8) is 0 Å². The number of nitrogen functional groups attached to an aromatic ring is 1. The van der Waals surface area contributed by atoms with Gasteiger partial charge in [-0.15, -0.1) is 13.2 Å². The number of rotatable bonds is 5. The first kappa shape index (κ1) is 13.3. The Morgan fingerprint density at radius 1 is 1.35 bits per heavy atom. The molecule has 0 saturated carbocycles. The fraction of sp³-hybridized carbons (Fsp3) is 0.154. The van der Waals surface area contributed by atoms with E-state index >= 15 is 0 Å².